The minimum absolute atomic E-state index is 0.00895. The Morgan fingerprint density at radius 3 is 3.05 bits per heavy atom. The van der Waals surface area contributed by atoms with E-state index in [1.807, 2.05) is 6.07 Å². The van der Waals surface area contributed by atoms with Crippen LogP contribution in [0.3, 0.4) is 0 Å². The van der Waals surface area contributed by atoms with Crippen molar-refractivity contribution in [1.82, 2.24) is 5.32 Å². The third kappa shape index (κ3) is 3.69. The van der Waals surface area contributed by atoms with Crippen LogP contribution in [0.1, 0.15) is 12.0 Å². The summed E-state index contributed by atoms with van der Waals surface area (Å²) in [7, 11) is 0. The van der Waals surface area contributed by atoms with Crippen molar-refractivity contribution in [3.05, 3.63) is 23.8 Å². The number of carbonyl (C=O) groups excluding carboxylic acids is 2. The third-order valence-corrected chi connectivity index (χ3v) is 2.78. The molecule has 3 N–H and O–H groups in total. The fraction of sp³-hybridized carbons (Fsp3) is 0.385. The van der Waals surface area contributed by atoms with E-state index < -0.39 is 0 Å². The Balaban J connectivity index is 1.93. The van der Waals surface area contributed by atoms with Crippen LogP contribution < -0.4 is 15.4 Å². The van der Waals surface area contributed by atoms with Gasteiger partial charge >= 0.3 is 0 Å². The van der Waals surface area contributed by atoms with Gasteiger partial charge in [0.25, 0.3) is 5.91 Å². The molecule has 0 saturated heterocycles. The molecule has 0 atom stereocenters. The summed E-state index contributed by atoms with van der Waals surface area (Å²) in [6.07, 6.45) is 1.22. The van der Waals surface area contributed by atoms with Gasteiger partial charge in [-0.1, -0.05) is 6.07 Å². The molecule has 0 spiro atoms. The van der Waals surface area contributed by atoms with Crippen molar-refractivity contribution in [3.8, 4) is 5.75 Å². The quantitative estimate of drug-likeness (QED) is 0.701. The van der Waals surface area contributed by atoms with Gasteiger partial charge in [-0.2, -0.15) is 0 Å². The molecule has 1 aromatic rings. The molecule has 19 heavy (non-hydrogen) atoms. The van der Waals surface area contributed by atoms with E-state index >= 15 is 0 Å². The van der Waals surface area contributed by atoms with Crippen LogP contribution in [0.2, 0.25) is 0 Å². The molecule has 0 fully saturated rings. The fourth-order valence-electron chi connectivity index (χ4n) is 1.84. The lowest BCUT2D eigenvalue weighted by Crippen LogP contribution is -2.31. The van der Waals surface area contributed by atoms with E-state index in [-0.39, 0.29) is 31.6 Å². The fourth-order valence-corrected chi connectivity index (χ4v) is 1.84. The van der Waals surface area contributed by atoms with Gasteiger partial charge in [-0.25, -0.2) is 0 Å². The molecule has 0 aromatic heterocycles. The van der Waals surface area contributed by atoms with Crippen LogP contribution in [-0.4, -0.2) is 36.7 Å². The first-order valence-corrected chi connectivity index (χ1v) is 6.12. The van der Waals surface area contributed by atoms with Gasteiger partial charge < -0.3 is 20.5 Å². The number of nitrogens with one attached hydrogen (secondary N) is 2. The summed E-state index contributed by atoms with van der Waals surface area (Å²) in [5.74, 6) is 0.223. The SMILES string of the molecule is O=C(COc1ccc2c(c1)NC(=O)CC2)NCCO. The predicted molar refractivity (Wildman–Crippen MR) is 69.0 cm³/mol. The molecule has 1 heterocycles. The number of anilines is 1. The Morgan fingerprint density at radius 1 is 1.42 bits per heavy atom. The van der Waals surface area contributed by atoms with Gasteiger partial charge in [0, 0.05) is 24.7 Å². The Hall–Kier alpha value is -2.08. The number of aryl methyl sites for hydroxylation is 1. The van der Waals surface area contributed by atoms with E-state index in [9.17, 15) is 9.59 Å². The number of benzene rings is 1. The highest BCUT2D eigenvalue weighted by Crippen LogP contribution is 2.26. The Morgan fingerprint density at radius 2 is 2.26 bits per heavy atom. The van der Waals surface area contributed by atoms with E-state index in [4.69, 9.17) is 9.84 Å². The smallest absolute Gasteiger partial charge is 0.258 e. The molecule has 1 aromatic carbocycles. The van der Waals surface area contributed by atoms with Gasteiger partial charge in [0.15, 0.2) is 6.61 Å². The second-order valence-electron chi connectivity index (χ2n) is 4.23. The first kappa shape index (κ1) is 13.4. The van der Waals surface area contributed by atoms with Gasteiger partial charge in [0.05, 0.1) is 6.61 Å². The van der Waals surface area contributed by atoms with Crippen molar-refractivity contribution in [2.45, 2.75) is 12.8 Å². The summed E-state index contributed by atoms with van der Waals surface area (Å²) in [4.78, 5) is 22.6. The van der Waals surface area contributed by atoms with Gasteiger partial charge in [-0.05, 0) is 18.1 Å². The standard InChI is InChI=1S/C13H16N2O4/c16-6-5-14-13(18)8-19-10-3-1-9-2-4-12(17)15-11(9)7-10/h1,3,7,16H,2,4-6,8H2,(H,14,18)(H,15,17). The largest absolute Gasteiger partial charge is 0.484 e. The highest BCUT2D eigenvalue weighted by molar-refractivity contribution is 5.94. The first-order valence-electron chi connectivity index (χ1n) is 6.12. The maximum absolute atomic E-state index is 11.3. The number of aliphatic hydroxyl groups is 1. The van der Waals surface area contributed by atoms with E-state index in [1.165, 1.54) is 0 Å². The van der Waals surface area contributed by atoms with Crippen LogP contribution >= 0.6 is 0 Å². The minimum Gasteiger partial charge on any atom is -0.484 e. The molecular weight excluding hydrogens is 248 g/mol. The van der Waals surface area contributed by atoms with Crippen molar-refractivity contribution in [2.24, 2.45) is 0 Å². The molecule has 0 unspecified atom stereocenters. The summed E-state index contributed by atoms with van der Waals surface area (Å²) in [6.45, 7) is -0.00815. The van der Waals surface area contributed by atoms with Crippen molar-refractivity contribution < 1.29 is 19.4 Å². The summed E-state index contributed by atoms with van der Waals surface area (Å²) in [5, 5.41) is 13.8. The number of carbonyl (C=O) groups is 2. The molecule has 2 amide bonds. The van der Waals surface area contributed by atoms with Crippen molar-refractivity contribution in [2.75, 3.05) is 25.1 Å². The van der Waals surface area contributed by atoms with Crippen molar-refractivity contribution in [3.63, 3.8) is 0 Å². The molecule has 6 heteroatoms. The van der Waals surface area contributed by atoms with Crippen LogP contribution in [0.5, 0.6) is 5.75 Å². The summed E-state index contributed by atoms with van der Waals surface area (Å²) >= 11 is 0. The molecule has 102 valence electrons. The number of hydrogen-bond donors (Lipinski definition) is 3. The second kappa shape index (κ2) is 6.19. The lowest BCUT2D eigenvalue weighted by molar-refractivity contribution is -0.123. The molecule has 0 radical (unpaired) electrons. The van der Waals surface area contributed by atoms with Gasteiger partial charge in [-0.3, -0.25) is 9.59 Å². The van der Waals surface area contributed by atoms with Crippen molar-refractivity contribution >= 4 is 17.5 Å². The zero-order valence-corrected chi connectivity index (χ0v) is 10.4. The lowest BCUT2D eigenvalue weighted by Gasteiger charge is -2.17. The van der Waals surface area contributed by atoms with E-state index in [1.54, 1.807) is 12.1 Å². The monoisotopic (exact) mass is 264 g/mol. The zero-order chi connectivity index (χ0) is 13.7. The summed E-state index contributed by atoms with van der Waals surface area (Å²) in [5.41, 5.74) is 1.81. The molecule has 6 nitrogen and oxygen atoms in total. The summed E-state index contributed by atoms with van der Waals surface area (Å²) in [6, 6.07) is 5.37. The Bertz CT molecular complexity index is 488. The van der Waals surface area contributed by atoms with Crippen LogP contribution in [0.25, 0.3) is 0 Å². The highest BCUT2D eigenvalue weighted by Gasteiger charge is 2.15. The lowest BCUT2D eigenvalue weighted by atomic mass is 10.0. The van der Waals surface area contributed by atoms with E-state index in [0.717, 1.165) is 17.7 Å². The van der Waals surface area contributed by atoms with Crippen molar-refractivity contribution in [1.29, 1.82) is 0 Å². The maximum Gasteiger partial charge on any atom is 0.258 e. The highest BCUT2D eigenvalue weighted by atomic mass is 16.5. The molecule has 1 aliphatic rings. The molecule has 2 rings (SSSR count). The second-order valence-corrected chi connectivity index (χ2v) is 4.23. The number of hydrogen-bond acceptors (Lipinski definition) is 4. The molecular formula is C13H16N2O4. The number of amides is 2. The van der Waals surface area contributed by atoms with Crippen LogP contribution in [0.15, 0.2) is 18.2 Å². The average Bonchev–Trinajstić information content (AvgIpc) is 2.42. The summed E-state index contributed by atoms with van der Waals surface area (Å²) < 4.78 is 5.32. The van der Waals surface area contributed by atoms with Crippen LogP contribution in [0.4, 0.5) is 5.69 Å². The Labute approximate surface area is 110 Å². The maximum atomic E-state index is 11.3. The van der Waals surface area contributed by atoms with Crippen LogP contribution in [-0.2, 0) is 16.0 Å². The molecule has 0 saturated carbocycles. The predicted octanol–water partition coefficient (Wildman–Crippen LogP) is 0.0586. The van der Waals surface area contributed by atoms with Gasteiger partial charge in [0.1, 0.15) is 5.75 Å². The number of rotatable bonds is 5. The first-order chi connectivity index (χ1) is 9.19. The molecule has 0 bridgehead atoms. The number of aliphatic hydroxyl groups excluding tert-OH is 1. The third-order valence-electron chi connectivity index (χ3n) is 2.78. The van der Waals surface area contributed by atoms with Gasteiger partial charge in [0.2, 0.25) is 5.91 Å². The van der Waals surface area contributed by atoms with Gasteiger partial charge in [-0.15, -0.1) is 0 Å². The number of ether oxygens (including phenoxy) is 1. The van der Waals surface area contributed by atoms with E-state index in [2.05, 4.69) is 10.6 Å². The minimum atomic E-state index is -0.296. The van der Waals surface area contributed by atoms with Crippen LogP contribution in [0, 0.1) is 0 Å². The topological polar surface area (TPSA) is 87.7 Å². The Kier molecular flexibility index (Phi) is 4.35. The normalized spacial score (nSPS) is 13.4. The molecule has 1 aliphatic heterocycles. The number of fused-ring (bicyclic) bond motifs is 1. The average molecular weight is 264 g/mol. The van der Waals surface area contributed by atoms with E-state index in [0.29, 0.717) is 12.2 Å². The molecule has 0 aliphatic carbocycles. The zero-order valence-electron chi connectivity index (χ0n) is 10.4.